The molecule has 18 nitrogen and oxygen atoms in total. The highest BCUT2D eigenvalue weighted by Crippen LogP contribution is 2.35. The van der Waals surface area contributed by atoms with Crippen LogP contribution < -0.4 is 42.5 Å². The molecule has 0 radical (unpaired) electrons. The zero-order chi connectivity index (χ0) is 55.6. The number of likely N-dealkylation sites (tertiary alicyclic amines) is 1. The Labute approximate surface area is 450 Å². The van der Waals surface area contributed by atoms with Crippen LogP contribution in [0.1, 0.15) is 161 Å². The molecule has 11 atom stereocenters. The Kier molecular flexibility index (Phi) is 20.3. The van der Waals surface area contributed by atoms with Crippen molar-refractivity contribution in [3.63, 3.8) is 0 Å². The third-order valence-electron chi connectivity index (χ3n) is 16.2. The number of carbonyl (C=O) groups is 8. The lowest BCUT2D eigenvalue weighted by Crippen LogP contribution is -2.61. The van der Waals surface area contributed by atoms with Crippen molar-refractivity contribution in [2.45, 2.75) is 194 Å². The van der Waals surface area contributed by atoms with Gasteiger partial charge in [-0.05, 0) is 125 Å². The lowest BCUT2D eigenvalue weighted by atomic mass is 9.77. The zero-order valence-electron chi connectivity index (χ0n) is 47.0. The molecule has 6 rings (SSSR count). The van der Waals surface area contributed by atoms with Crippen LogP contribution in [0, 0.1) is 22.7 Å². The summed E-state index contributed by atoms with van der Waals surface area (Å²) in [5.74, 6) is -4.39. The van der Waals surface area contributed by atoms with Crippen LogP contribution >= 0.6 is 0 Å². The number of hydrogen-bond donors (Lipinski definition) is 8. The van der Waals surface area contributed by atoms with Crippen LogP contribution in [0.5, 0.6) is 0 Å². The molecule has 2 fully saturated rings. The predicted octanol–water partition coefficient (Wildman–Crippen LogP) is 4.86. The number of imide groups is 1. The first-order valence-electron chi connectivity index (χ1n) is 27.9. The van der Waals surface area contributed by atoms with Gasteiger partial charge in [-0.1, -0.05) is 110 Å². The van der Waals surface area contributed by atoms with Gasteiger partial charge >= 0.3 is 6.03 Å². The standard InChI is InChI=1S/C58H88N10O8/c1-12-38(32-68(55(75)48(58(7,8)9)66-50(70)35(3)60-11)56(76)64-45-30-20-24-37-22-14-16-26-41(37)45)61-51(71)42-27-17-18-28-43(42)52(72)62-39-31-46(53(73)63-44-29-19-23-36-21-13-15-25-40(36)44)67(33-39)54(74)47(57(4,5)6)65-49(69)34(2)59-10/h13-16,21-22,25-26,34-35,38-39,42-48,59-60H,12,17-20,23-24,27-33H2,1-11H3,(H,61,71)(H,62,72)(H,63,73)(H,64,76)(H,65,69)(H,66,70)/t34-,35-,38-,39-,42?,43?,44+,45+,46-,47+,48?/m0/s1. The highest BCUT2D eigenvalue weighted by atomic mass is 16.2. The van der Waals surface area contributed by atoms with Crippen molar-refractivity contribution in [3.8, 4) is 0 Å². The summed E-state index contributed by atoms with van der Waals surface area (Å²) < 4.78 is 0. The Bertz CT molecular complexity index is 2390. The van der Waals surface area contributed by atoms with Gasteiger partial charge in [0.2, 0.25) is 35.4 Å². The van der Waals surface area contributed by atoms with E-state index < -0.39 is 88.7 Å². The average Bonchev–Trinajstić information content (AvgIpc) is 3.84. The summed E-state index contributed by atoms with van der Waals surface area (Å²) in [6, 6.07) is 9.11. The van der Waals surface area contributed by atoms with E-state index in [0.29, 0.717) is 38.5 Å². The van der Waals surface area contributed by atoms with Crippen LogP contribution in [-0.4, -0.2) is 127 Å². The number of likely N-dealkylation sites (N-methyl/N-ethyl adjacent to an activating group) is 2. The molecule has 0 aromatic heterocycles. The number of nitrogens with one attached hydrogen (secondary N) is 8. The lowest BCUT2D eigenvalue weighted by molar-refractivity contribution is -0.144. The monoisotopic (exact) mass is 1050 g/mol. The number of benzene rings is 2. The van der Waals surface area contributed by atoms with Crippen molar-refractivity contribution in [1.29, 1.82) is 0 Å². The number of amides is 9. The molecule has 1 heterocycles. The Morgan fingerprint density at radius 2 is 1.12 bits per heavy atom. The van der Waals surface area contributed by atoms with Gasteiger partial charge in [-0.3, -0.25) is 38.5 Å². The Hall–Kier alpha value is -5.88. The van der Waals surface area contributed by atoms with Gasteiger partial charge < -0.3 is 47.4 Å². The van der Waals surface area contributed by atoms with Crippen molar-refractivity contribution in [2.24, 2.45) is 22.7 Å². The first kappa shape index (κ1) is 59.4. The highest BCUT2D eigenvalue weighted by Gasteiger charge is 2.48. The van der Waals surface area contributed by atoms with E-state index >= 15 is 0 Å². The first-order valence-corrected chi connectivity index (χ1v) is 27.9. The molecule has 2 aromatic rings. The maximum atomic E-state index is 14.9. The van der Waals surface area contributed by atoms with Gasteiger partial charge in [0.05, 0.1) is 30.7 Å². The van der Waals surface area contributed by atoms with Gasteiger partial charge in [0.15, 0.2) is 0 Å². The molecule has 1 saturated carbocycles. The van der Waals surface area contributed by atoms with E-state index in [4.69, 9.17) is 0 Å². The third-order valence-corrected chi connectivity index (χ3v) is 16.2. The lowest BCUT2D eigenvalue weighted by Gasteiger charge is -2.37. The van der Waals surface area contributed by atoms with Crippen LogP contribution in [0.2, 0.25) is 0 Å². The normalized spacial score (nSPS) is 23.4. The van der Waals surface area contributed by atoms with E-state index in [0.717, 1.165) is 53.7 Å². The molecule has 3 unspecified atom stereocenters. The second kappa shape index (κ2) is 26.0. The largest absolute Gasteiger partial charge is 0.351 e. The second-order valence-electron chi connectivity index (χ2n) is 23.9. The van der Waals surface area contributed by atoms with Gasteiger partial charge in [-0.25, -0.2) is 4.79 Å². The molecule has 418 valence electrons. The van der Waals surface area contributed by atoms with E-state index in [1.807, 2.05) is 90.9 Å². The molecule has 0 bridgehead atoms. The second-order valence-corrected chi connectivity index (χ2v) is 23.9. The van der Waals surface area contributed by atoms with Crippen LogP contribution in [0.25, 0.3) is 0 Å². The SMILES string of the molecule is CC[C@@H](CN(C(=O)N[C@@H]1CCCc2ccccc21)C(=O)C(NC(=O)[C@H](C)NC)C(C)(C)C)NC(=O)C1CCCCC1C(=O)N[C@H]1C[C@@H](C(=O)N[C@@H]2CCCc3ccccc32)N(C(=O)[C@@H](NC(=O)[C@H](C)NC)C(C)(C)C)C1. The number of carbonyl (C=O) groups excluding carboxylic acids is 8. The Morgan fingerprint density at radius 1 is 0.618 bits per heavy atom. The number of fused-ring (bicyclic) bond motifs is 2. The summed E-state index contributed by atoms with van der Waals surface area (Å²) in [5, 5.41) is 24.3. The first-order chi connectivity index (χ1) is 36.0. The van der Waals surface area contributed by atoms with E-state index in [1.165, 1.54) is 10.5 Å². The van der Waals surface area contributed by atoms with E-state index in [1.54, 1.807) is 27.9 Å². The molecular weight excluding hydrogens is 965 g/mol. The van der Waals surface area contributed by atoms with Crippen molar-refractivity contribution < 1.29 is 38.4 Å². The van der Waals surface area contributed by atoms with E-state index in [-0.39, 0.29) is 55.2 Å². The highest BCUT2D eigenvalue weighted by molar-refractivity contribution is 6.00. The van der Waals surface area contributed by atoms with Crippen molar-refractivity contribution in [1.82, 2.24) is 52.3 Å². The summed E-state index contributed by atoms with van der Waals surface area (Å²) in [6.45, 7) is 16.1. The molecule has 1 saturated heterocycles. The van der Waals surface area contributed by atoms with Gasteiger partial charge in [0, 0.05) is 30.5 Å². The minimum Gasteiger partial charge on any atom is -0.351 e. The van der Waals surface area contributed by atoms with E-state index in [2.05, 4.69) is 48.6 Å². The zero-order valence-corrected chi connectivity index (χ0v) is 47.0. The number of urea groups is 1. The third kappa shape index (κ3) is 14.6. The Morgan fingerprint density at radius 3 is 1.63 bits per heavy atom. The molecule has 0 spiro atoms. The summed E-state index contributed by atoms with van der Waals surface area (Å²) in [4.78, 5) is 117. The van der Waals surface area contributed by atoms with Crippen LogP contribution in [0.4, 0.5) is 4.79 Å². The molecule has 1 aliphatic heterocycles. The summed E-state index contributed by atoms with van der Waals surface area (Å²) in [7, 11) is 3.31. The van der Waals surface area contributed by atoms with Crippen molar-refractivity contribution in [3.05, 3.63) is 70.8 Å². The fraction of sp³-hybridized carbons (Fsp3) is 0.655. The fourth-order valence-electron chi connectivity index (χ4n) is 11.3. The molecule has 8 N–H and O–H groups in total. The maximum absolute atomic E-state index is 14.9. The summed E-state index contributed by atoms with van der Waals surface area (Å²) in [5.41, 5.74) is 2.77. The molecule has 3 aliphatic carbocycles. The van der Waals surface area contributed by atoms with Gasteiger partial charge in [-0.15, -0.1) is 0 Å². The molecule has 76 heavy (non-hydrogen) atoms. The number of aryl methyl sites for hydroxylation is 2. The fourth-order valence-corrected chi connectivity index (χ4v) is 11.3. The molecule has 4 aliphatic rings. The van der Waals surface area contributed by atoms with Gasteiger partial charge in [-0.2, -0.15) is 0 Å². The summed E-state index contributed by atoms with van der Waals surface area (Å²) in [6.07, 6.45) is 7.65. The number of rotatable bonds is 18. The molecular formula is C58H88N10O8. The van der Waals surface area contributed by atoms with Crippen LogP contribution in [-0.2, 0) is 46.4 Å². The summed E-state index contributed by atoms with van der Waals surface area (Å²) >= 11 is 0. The molecule has 18 heteroatoms. The average molecular weight is 1050 g/mol. The van der Waals surface area contributed by atoms with Crippen molar-refractivity contribution in [2.75, 3.05) is 27.2 Å². The smallest absolute Gasteiger partial charge is 0.324 e. The Balaban J connectivity index is 1.22. The number of nitrogens with zero attached hydrogens (tertiary/aromatic N) is 2. The number of hydrogen-bond acceptors (Lipinski definition) is 10. The molecule has 2 aromatic carbocycles. The maximum Gasteiger partial charge on any atom is 0.324 e. The van der Waals surface area contributed by atoms with Crippen molar-refractivity contribution >= 4 is 47.4 Å². The minimum atomic E-state index is -1.10. The predicted molar refractivity (Wildman–Crippen MR) is 292 cm³/mol. The molecule has 9 amide bonds. The van der Waals surface area contributed by atoms with Crippen LogP contribution in [0.15, 0.2) is 48.5 Å². The topological polar surface area (TPSA) is 239 Å². The van der Waals surface area contributed by atoms with Gasteiger partial charge in [0.25, 0.3) is 5.91 Å². The van der Waals surface area contributed by atoms with Gasteiger partial charge in [0.1, 0.15) is 18.1 Å². The van der Waals surface area contributed by atoms with E-state index in [9.17, 15) is 38.4 Å². The minimum absolute atomic E-state index is 0.0116. The quantitative estimate of drug-likeness (QED) is 0.101. The van der Waals surface area contributed by atoms with Crippen LogP contribution in [0.3, 0.4) is 0 Å².